The number of benzene rings is 1. The maximum absolute atomic E-state index is 13.0. The molecule has 138 valence electrons. The van der Waals surface area contributed by atoms with E-state index >= 15 is 0 Å². The van der Waals surface area contributed by atoms with Crippen molar-refractivity contribution in [3.8, 4) is 0 Å². The molecule has 0 aliphatic carbocycles. The summed E-state index contributed by atoms with van der Waals surface area (Å²) in [5, 5.41) is 7.66. The van der Waals surface area contributed by atoms with Crippen LogP contribution in [0.4, 0.5) is 5.69 Å². The van der Waals surface area contributed by atoms with Gasteiger partial charge in [0.2, 0.25) is 11.8 Å². The van der Waals surface area contributed by atoms with Crippen molar-refractivity contribution in [3.05, 3.63) is 47.2 Å². The van der Waals surface area contributed by atoms with Crippen LogP contribution in [0.1, 0.15) is 18.0 Å². The largest absolute Gasteiger partial charge is 0.332 e. The molecule has 1 aromatic carbocycles. The molecule has 1 N–H and O–H groups in total. The molecule has 3 rings (SSSR count). The summed E-state index contributed by atoms with van der Waals surface area (Å²) in [5.41, 5.74) is 1.44. The van der Waals surface area contributed by atoms with Crippen molar-refractivity contribution in [2.45, 2.75) is 18.5 Å². The van der Waals surface area contributed by atoms with E-state index in [1.54, 1.807) is 49.2 Å². The van der Waals surface area contributed by atoms with Crippen molar-refractivity contribution < 1.29 is 9.59 Å². The van der Waals surface area contributed by atoms with Crippen molar-refractivity contribution in [3.63, 3.8) is 0 Å². The normalized spacial score (nSPS) is 18.2. The molecule has 1 aliphatic heterocycles. The minimum absolute atomic E-state index is 0.116. The Morgan fingerprint density at radius 3 is 2.77 bits per heavy atom. The van der Waals surface area contributed by atoms with E-state index in [0.717, 1.165) is 5.56 Å². The average molecular weight is 376 g/mol. The van der Waals surface area contributed by atoms with E-state index in [4.69, 9.17) is 11.6 Å². The fraction of sp³-hybridized carbons (Fsp3) is 0.389. The van der Waals surface area contributed by atoms with Gasteiger partial charge < -0.3 is 15.1 Å². The first-order valence-electron chi connectivity index (χ1n) is 8.42. The Morgan fingerprint density at radius 2 is 2.15 bits per heavy atom. The van der Waals surface area contributed by atoms with E-state index in [1.165, 1.54) is 4.90 Å². The van der Waals surface area contributed by atoms with E-state index in [1.807, 2.05) is 18.2 Å². The molecule has 0 saturated carbocycles. The van der Waals surface area contributed by atoms with Crippen LogP contribution in [-0.4, -0.2) is 53.2 Å². The third kappa shape index (κ3) is 3.32. The van der Waals surface area contributed by atoms with Crippen molar-refractivity contribution in [1.29, 1.82) is 0 Å². The lowest BCUT2D eigenvalue weighted by atomic mass is 10.1. The summed E-state index contributed by atoms with van der Waals surface area (Å²) in [4.78, 5) is 29.0. The number of rotatable bonds is 5. The summed E-state index contributed by atoms with van der Waals surface area (Å²) >= 11 is 6.22. The summed E-state index contributed by atoms with van der Waals surface area (Å²) in [6.07, 6.45) is 4.01. The Labute approximate surface area is 157 Å². The van der Waals surface area contributed by atoms with Gasteiger partial charge in [0, 0.05) is 32.4 Å². The SMILES string of the molecule is CNC(C(=O)N(C)C1CCN(c2ccccc2Cl)C1=O)c1cnn(C)c1. The first kappa shape index (κ1) is 18.4. The first-order valence-corrected chi connectivity index (χ1v) is 8.80. The van der Waals surface area contributed by atoms with Crippen LogP contribution in [0.2, 0.25) is 5.02 Å². The number of likely N-dealkylation sites (N-methyl/N-ethyl adjacent to an activating group) is 2. The van der Waals surface area contributed by atoms with Crippen LogP contribution in [0.15, 0.2) is 36.7 Å². The zero-order valence-electron chi connectivity index (χ0n) is 15.0. The molecular weight excluding hydrogens is 354 g/mol. The van der Waals surface area contributed by atoms with Crippen LogP contribution >= 0.6 is 11.6 Å². The number of carbonyl (C=O) groups excluding carboxylic acids is 2. The third-order valence-corrected chi connectivity index (χ3v) is 5.05. The Kier molecular flexibility index (Phi) is 5.29. The molecule has 2 heterocycles. The van der Waals surface area contributed by atoms with Gasteiger partial charge in [-0.1, -0.05) is 23.7 Å². The standard InChI is InChI=1S/C18H22ClN5O2/c1-20-16(12-10-21-22(2)11-12)18(26)23(3)15-8-9-24(17(15)25)14-7-5-4-6-13(14)19/h4-7,10-11,15-16,20H,8-9H2,1-3H3. The van der Waals surface area contributed by atoms with Crippen LogP contribution in [0.3, 0.4) is 0 Å². The lowest BCUT2D eigenvalue weighted by molar-refractivity contribution is -0.138. The number of nitrogens with zero attached hydrogens (tertiary/aromatic N) is 4. The maximum Gasteiger partial charge on any atom is 0.249 e. The quantitative estimate of drug-likeness (QED) is 0.861. The zero-order chi connectivity index (χ0) is 18.8. The highest BCUT2D eigenvalue weighted by Gasteiger charge is 2.39. The van der Waals surface area contributed by atoms with E-state index in [-0.39, 0.29) is 11.8 Å². The van der Waals surface area contributed by atoms with Crippen molar-refractivity contribution in [2.75, 3.05) is 25.5 Å². The highest BCUT2D eigenvalue weighted by Crippen LogP contribution is 2.30. The number of hydrogen-bond acceptors (Lipinski definition) is 4. The van der Waals surface area contributed by atoms with Gasteiger partial charge >= 0.3 is 0 Å². The van der Waals surface area contributed by atoms with E-state index < -0.39 is 12.1 Å². The second kappa shape index (κ2) is 7.47. The lowest BCUT2D eigenvalue weighted by Gasteiger charge is -2.27. The topological polar surface area (TPSA) is 70.5 Å². The first-order chi connectivity index (χ1) is 12.4. The molecule has 26 heavy (non-hydrogen) atoms. The van der Waals surface area contributed by atoms with Gasteiger partial charge in [-0.15, -0.1) is 0 Å². The molecule has 2 atom stereocenters. The fourth-order valence-corrected chi connectivity index (χ4v) is 3.55. The molecule has 8 heteroatoms. The molecule has 0 bridgehead atoms. The summed E-state index contributed by atoms with van der Waals surface area (Å²) in [6, 6.07) is 6.19. The van der Waals surface area contributed by atoms with Gasteiger partial charge in [-0.2, -0.15) is 5.10 Å². The van der Waals surface area contributed by atoms with E-state index in [2.05, 4.69) is 10.4 Å². The second-order valence-corrected chi connectivity index (χ2v) is 6.77. The number of aryl methyl sites for hydroxylation is 1. The number of aromatic nitrogens is 2. The number of carbonyl (C=O) groups is 2. The molecule has 1 saturated heterocycles. The highest BCUT2D eigenvalue weighted by atomic mass is 35.5. The highest BCUT2D eigenvalue weighted by molar-refractivity contribution is 6.34. The van der Waals surface area contributed by atoms with Gasteiger partial charge in [0.25, 0.3) is 0 Å². The number of amides is 2. The molecule has 2 unspecified atom stereocenters. The smallest absolute Gasteiger partial charge is 0.249 e. The van der Waals surface area contributed by atoms with Crippen LogP contribution in [0.5, 0.6) is 0 Å². The van der Waals surface area contributed by atoms with Crippen LogP contribution in [0, 0.1) is 0 Å². The fourth-order valence-electron chi connectivity index (χ4n) is 3.31. The maximum atomic E-state index is 13.0. The molecule has 0 radical (unpaired) electrons. The van der Waals surface area contributed by atoms with Gasteiger partial charge in [0.15, 0.2) is 0 Å². The van der Waals surface area contributed by atoms with Gasteiger partial charge in [-0.05, 0) is 25.6 Å². The number of nitrogens with one attached hydrogen (secondary N) is 1. The Hall–Kier alpha value is -2.38. The molecule has 1 fully saturated rings. The van der Waals surface area contributed by atoms with Crippen LogP contribution in [0.25, 0.3) is 0 Å². The molecule has 0 spiro atoms. The average Bonchev–Trinajstić information content (AvgIpc) is 3.21. The number of anilines is 1. The predicted molar refractivity (Wildman–Crippen MR) is 100.0 cm³/mol. The van der Waals surface area contributed by atoms with Gasteiger partial charge in [-0.3, -0.25) is 14.3 Å². The second-order valence-electron chi connectivity index (χ2n) is 6.36. The minimum atomic E-state index is -0.545. The van der Waals surface area contributed by atoms with Gasteiger partial charge in [-0.25, -0.2) is 0 Å². The summed E-state index contributed by atoms with van der Waals surface area (Å²) in [6.45, 7) is 0.530. The molecule has 1 aromatic heterocycles. The Bertz CT molecular complexity index is 821. The minimum Gasteiger partial charge on any atom is -0.332 e. The molecule has 2 aromatic rings. The van der Waals surface area contributed by atoms with E-state index in [9.17, 15) is 9.59 Å². The number of halogens is 1. The number of para-hydroxylation sites is 1. The molecule has 2 amide bonds. The van der Waals surface area contributed by atoms with Crippen molar-refractivity contribution in [1.82, 2.24) is 20.0 Å². The van der Waals surface area contributed by atoms with Crippen LogP contribution in [-0.2, 0) is 16.6 Å². The Morgan fingerprint density at radius 1 is 1.42 bits per heavy atom. The number of hydrogen-bond donors (Lipinski definition) is 1. The van der Waals surface area contributed by atoms with Crippen LogP contribution < -0.4 is 10.2 Å². The van der Waals surface area contributed by atoms with Crippen molar-refractivity contribution >= 4 is 29.1 Å². The summed E-state index contributed by atoms with van der Waals surface area (Å²) in [5.74, 6) is -0.283. The molecular formula is C18H22ClN5O2. The van der Waals surface area contributed by atoms with Gasteiger partial charge in [0.05, 0.1) is 16.9 Å². The Balaban J connectivity index is 1.77. The molecule has 7 nitrogen and oxygen atoms in total. The van der Waals surface area contributed by atoms with Gasteiger partial charge in [0.1, 0.15) is 12.1 Å². The van der Waals surface area contributed by atoms with E-state index in [0.29, 0.717) is 23.7 Å². The monoisotopic (exact) mass is 375 g/mol. The summed E-state index contributed by atoms with van der Waals surface area (Å²) < 4.78 is 1.65. The predicted octanol–water partition coefficient (Wildman–Crippen LogP) is 1.60. The molecule has 1 aliphatic rings. The summed E-state index contributed by atoms with van der Waals surface area (Å²) in [7, 11) is 5.18. The van der Waals surface area contributed by atoms with Crippen molar-refractivity contribution in [2.24, 2.45) is 7.05 Å². The zero-order valence-corrected chi connectivity index (χ0v) is 15.8. The third-order valence-electron chi connectivity index (χ3n) is 4.73. The lowest BCUT2D eigenvalue weighted by Crippen LogP contribution is -2.47.